The molecule has 4 rings (SSSR count). The van der Waals surface area contributed by atoms with E-state index in [-0.39, 0.29) is 6.04 Å². The maximum absolute atomic E-state index is 6.52. The molecule has 2 N–H and O–H groups in total. The maximum Gasteiger partial charge on any atom is 0.0646 e. The Kier molecular flexibility index (Phi) is 3.28. The fourth-order valence-electron chi connectivity index (χ4n) is 3.07. The van der Waals surface area contributed by atoms with Crippen molar-refractivity contribution in [2.45, 2.75) is 31.2 Å². The molecule has 0 amide bonds. The Morgan fingerprint density at radius 1 is 1.00 bits per heavy atom. The maximum atomic E-state index is 6.52. The number of rotatable bonds is 3. The first kappa shape index (κ1) is 13.1. The number of nitrogens with two attached hydrogens (primary N) is 1. The van der Waals surface area contributed by atoms with Crippen LogP contribution >= 0.6 is 11.3 Å². The normalized spacial score (nSPS) is 16.8. The van der Waals surface area contributed by atoms with Gasteiger partial charge in [0.25, 0.3) is 0 Å². The fraction of sp³-hybridized carbons (Fsp3) is 0.263. The molecule has 1 unspecified atom stereocenters. The number of hydrogen-bond donors (Lipinski definition) is 1. The first-order valence-corrected chi connectivity index (χ1v) is 8.47. The molecule has 21 heavy (non-hydrogen) atoms. The third kappa shape index (κ3) is 2.39. The van der Waals surface area contributed by atoms with Crippen LogP contribution in [0.4, 0.5) is 0 Å². The molecule has 0 saturated heterocycles. The van der Waals surface area contributed by atoms with Gasteiger partial charge < -0.3 is 5.73 Å². The molecule has 2 aromatic carbocycles. The summed E-state index contributed by atoms with van der Waals surface area (Å²) in [5.41, 5.74) is 9.23. The molecule has 1 heterocycles. The van der Waals surface area contributed by atoms with Crippen molar-refractivity contribution < 1.29 is 0 Å². The van der Waals surface area contributed by atoms with Gasteiger partial charge in [-0.1, -0.05) is 48.9 Å². The van der Waals surface area contributed by atoms with E-state index >= 15 is 0 Å². The van der Waals surface area contributed by atoms with Crippen molar-refractivity contribution in [2.75, 3.05) is 0 Å². The summed E-state index contributed by atoms with van der Waals surface area (Å²) in [6, 6.07) is 19.6. The summed E-state index contributed by atoms with van der Waals surface area (Å²) in [5.74, 6) is 0.763. The van der Waals surface area contributed by atoms with Crippen molar-refractivity contribution in [3.8, 4) is 0 Å². The highest BCUT2D eigenvalue weighted by Crippen LogP contribution is 2.38. The quantitative estimate of drug-likeness (QED) is 0.704. The van der Waals surface area contributed by atoms with Gasteiger partial charge in [-0.3, -0.25) is 0 Å². The smallest absolute Gasteiger partial charge is 0.0646 e. The van der Waals surface area contributed by atoms with Crippen molar-refractivity contribution in [2.24, 2.45) is 5.73 Å². The lowest BCUT2D eigenvalue weighted by Gasteiger charge is -2.26. The third-order valence-electron chi connectivity index (χ3n) is 4.60. The minimum absolute atomic E-state index is 0.0116. The predicted octanol–water partition coefficient (Wildman–Crippen LogP) is 5.22. The molecule has 0 spiro atoms. The largest absolute Gasteiger partial charge is 0.320 e. The summed E-state index contributed by atoms with van der Waals surface area (Å²) in [6.07, 6.45) is 4.04. The summed E-state index contributed by atoms with van der Waals surface area (Å²) in [5, 5.41) is 1.29. The van der Waals surface area contributed by atoms with E-state index in [1.807, 2.05) is 11.3 Å². The van der Waals surface area contributed by atoms with E-state index in [2.05, 4.69) is 54.6 Å². The lowest BCUT2D eigenvalue weighted by molar-refractivity contribution is 0.419. The van der Waals surface area contributed by atoms with Crippen molar-refractivity contribution in [1.29, 1.82) is 0 Å². The number of benzene rings is 2. The lowest BCUT2D eigenvalue weighted by Crippen LogP contribution is -2.13. The Hall–Kier alpha value is -1.64. The highest BCUT2D eigenvalue weighted by atomic mass is 32.1. The van der Waals surface area contributed by atoms with E-state index in [1.54, 1.807) is 0 Å². The number of hydrogen-bond acceptors (Lipinski definition) is 2. The minimum Gasteiger partial charge on any atom is -0.320 e. The van der Waals surface area contributed by atoms with Crippen LogP contribution in [0.15, 0.2) is 54.6 Å². The molecule has 1 aliphatic carbocycles. The first-order chi connectivity index (χ1) is 10.3. The van der Waals surface area contributed by atoms with Crippen LogP contribution in [-0.2, 0) is 0 Å². The summed E-state index contributed by atoms with van der Waals surface area (Å²) in [7, 11) is 0. The van der Waals surface area contributed by atoms with E-state index in [1.165, 1.54) is 45.4 Å². The Balaban J connectivity index is 1.68. The number of thiophene rings is 1. The summed E-state index contributed by atoms with van der Waals surface area (Å²) in [6.45, 7) is 0. The van der Waals surface area contributed by atoms with E-state index in [0.717, 1.165) is 5.92 Å². The molecule has 3 aromatic rings. The summed E-state index contributed by atoms with van der Waals surface area (Å²) >= 11 is 1.81. The van der Waals surface area contributed by atoms with Crippen LogP contribution in [0.2, 0.25) is 0 Å². The molecule has 1 aliphatic rings. The lowest BCUT2D eigenvalue weighted by atomic mass is 9.79. The van der Waals surface area contributed by atoms with Gasteiger partial charge in [0, 0.05) is 9.58 Å². The molecule has 1 fully saturated rings. The van der Waals surface area contributed by atoms with Gasteiger partial charge in [-0.25, -0.2) is 0 Å². The fourth-order valence-corrected chi connectivity index (χ4v) is 4.16. The van der Waals surface area contributed by atoms with Crippen molar-refractivity contribution >= 4 is 21.4 Å². The second-order valence-corrected chi connectivity index (χ2v) is 7.08. The van der Waals surface area contributed by atoms with E-state index in [4.69, 9.17) is 5.73 Å². The van der Waals surface area contributed by atoms with Crippen LogP contribution in [0.5, 0.6) is 0 Å². The topological polar surface area (TPSA) is 26.0 Å². The van der Waals surface area contributed by atoms with Crippen LogP contribution < -0.4 is 5.73 Å². The van der Waals surface area contributed by atoms with Gasteiger partial charge in [0.2, 0.25) is 0 Å². The average Bonchev–Trinajstić information content (AvgIpc) is 2.89. The molecular weight excluding hydrogens is 274 g/mol. The average molecular weight is 293 g/mol. The first-order valence-electron chi connectivity index (χ1n) is 7.65. The zero-order chi connectivity index (χ0) is 14.2. The van der Waals surface area contributed by atoms with E-state index in [0.29, 0.717) is 0 Å². The van der Waals surface area contributed by atoms with Crippen molar-refractivity contribution in [1.82, 2.24) is 0 Å². The van der Waals surface area contributed by atoms with Gasteiger partial charge >= 0.3 is 0 Å². The molecule has 2 heteroatoms. The molecule has 1 saturated carbocycles. The molecular formula is C19H19NS. The third-order valence-corrected chi connectivity index (χ3v) is 5.80. The van der Waals surface area contributed by atoms with Gasteiger partial charge in [-0.05, 0) is 47.4 Å². The van der Waals surface area contributed by atoms with Gasteiger partial charge in [0.05, 0.1) is 6.04 Å². The zero-order valence-corrected chi connectivity index (χ0v) is 12.8. The van der Waals surface area contributed by atoms with Crippen LogP contribution in [0.25, 0.3) is 10.1 Å². The van der Waals surface area contributed by atoms with Crippen molar-refractivity contribution in [3.63, 3.8) is 0 Å². The Morgan fingerprint density at radius 3 is 2.62 bits per heavy atom. The van der Waals surface area contributed by atoms with E-state index in [9.17, 15) is 0 Å². The standard InChI is InChI=1S/C19H19NS/c20-19(18-12-15-5-1-2-10-17(15)21-18)16-9-4-8-14(11-16)13-6-3-7-13/h1-2,4-5,8-13,19H,3,6-7,20H2. The molecule has 0 radical (unpaired) electrons. The van der Waals surface area contributed by atoms with Crippen molar-refractivity contribution in [3.05, 3.63) is 70.6 Å². The molecule has 1 nitrogen and oxygen atoms in total. The predicted molar refractivity (Wildman–Crippen MR) is 90.9 cm³/mol. The van der Waals surface area contributed by atoms with Gasteiger partial charge in [-0.2, -0.15) is 0 Å². The summed E-state index contributed by atoms with van der Waals surface area (Å²) in [4.78, 5) is 1.25. The van der Waals surface area contributed by atoms with Gasteiger partial charge in [0.1, 0.15) is 0 Å². The van der Waals surface area contributed by atoms with Crippen LogP contribution in [0.3, 0.4) is 0 Å². The number of fused-ring (bicyclic) bond motifs is 1. The summed E-state index contributed by atoms with van der Waals surface area (Å²) < 4.78 is 1.32. The Labute approximate surface area is 129 Å². The Bertz CT molecular complexity index is 737. The molecule has 1 atom stereocenters. The Morgan fingerprint density at radius 2 is 1.86 bits per heavy atom. The highest BCUT2D eigenvalue weighted by Gasteiger charge is 2.20. The minimum atomic E-state index is -0.0116. The van der Waals surface area contributed by atoms with Crippen LogP contribution in [0, 0.1) is 0 Å². The van der Waals surface area contributed by atoms with Gasteiger partial charge in [-0.15, -0.1) is 11.3 Å². The molecule has 1 aromatic heterocycles. The SMILES string of the molecule is NC(c1cccc(C2CCC2)c1)c1cc2ccccc2s1. The monoisotopic (exact) mass is 293 g/mol. The second kappa shape index (κ2) is 5.28. The van der Waals surface area contributed by atoms with Crippen LogP contribution in [0.1, 0.15) is 47.2 Å². The zero-order valence-electron chi connectivity index (χ0n) is 12.0. The van der Waals surface area contributed by atoms with Crippen LogP contribution in [-0.4, -0.2) is 0 Å². The highest BCUT2D eigenvalue weighted by molar-refractivity contribution is 7.19. The van der Waals surface area contributed by atoms with E-state index < -0.39 is 0 Å². The van der Waals surface area contributed by atoms with Gasteiger partial charge in [0.15, 0.2) is 0 Å². The molecule has 0 aliphatic heterocycles. The molecule has 0 bridgehead atoms. The molecule has 106 valence electrons. The second-order valence-electron chi connectivity index (χ2n) is 5.96.